The molecule has 6 nitrogen and oxygen atoms in total. The highest BCUT2D eigenvalue weighted by Gasteiger charge is 2.33. The van der Waals surface area contributed by atoms with Crippen molar-refractivity contribution in [2.75, 3.05) is 13.1 Å². The summed E-state index contributed by atoms with van der Waals surface area (Å²) in [7, 11) is 0. The number of nitrogens with one attached hydrogen (secondary N) is 1. The maximum atomic E-state index is 12.0. The SMILES string of the molecule is CC(C)C(=O)N1CC(c2cc3cc(-c4ccccc4O)nnc3[nH]2)C1. The third kappa shape index (κ3) is 2.73. The molecule has 25 heavy (non-hydrogen) atoms. The highest BCUT2D eigenvalue weighted by molar-refractivity contribution is 5.82. The van der Waals surface area contributed by atoms with Crippen LogP contribution in [0.2, 0.25) is 0 Å². The van der Waals surface area contributed by atoms with Crippen LogP contribution in [-0.2, 0) is 4.79 Å². The first-order chi connectivity index (χ1) is 12.0. The standard InChI is InChI=1S/C19H20N4O2/c1-11(2)19(25)23-9-13(10-23)15-7-12-8-16(21-22-18(12)20-15)14-5-3-4-6-17(14)24/h3-8,11,13,24H,9-10H2,1-2H3,(H,20,22). The Labute approximate surface area is 145 Å². The fraction of sp³-hybridized carbons (Fsp3) is 0.316. The molecule has 1 aliphatic heterocycles. The molecule has 128 valence electrons. The number of hydrogen-bond acceptors (Lipinski definition) is 4. The summed E-state index contributed by atoms with van der Waals surface area (Å²) in [5, 5.41) is 19.4. The minimum atomic E-state index is 0.0376. The average molecular weight is 336 g/mol. The Bertz CT molecular complexity index is 942. The molecule has 1 amide bonds. The predicted molar refractivity (Wildman–Crippen MR) is 95.1 cm³/mol. The zero-order chi connectivity index (χ0) is 17.6. The molecule has 0 radical (unpaired) electrons. The van der Waals surface area contributed by atoms with Crippen molar-refractivity contribution in [3.05, 3.63) is 42.1 Å². The lowest BCUT2D eigenvalue weighted by atomic mass is 9.95. The lowest BCUT2D eigenvalue weighted by molar-refractivity contribution is -0.139. The van der Waals surface area contributed by atoms with Crippen LogP contribution in [0.25, 0.3) is 22.3 Å². The molecule has 0 unspecified atom stereocenters. The van der Waals surface area contributed by atoms with E-state index in [1.165, 1.54) is 0 Å². The summed E-state index contributed by atoms with van der Waals surface area (Å²) < 4.78 is 0. The van der Waals surface area contributed by atoms with Crippen LogP contribution in [0.15, 0.2) is 36.4 Å². The molecule has 4 rings (SSSR count). The molecule has 1 aromatic carbocycles. The number of para-hydroxylation sites is 1. The molecule has 6 heteroatoms. The van der Waals surface area contributed by atoms with E-state index in [4.69, 9.17) is 0 Å². The molecule has 0 spiro atoms. The molecule has 1 aliphatic rings. The number of phenolic OH excluding ortho intramolecular Hbond substituents is 1. The molecule has 1 fully saturated rings. The van der Waals surface area contributed by atoms with Gasteiger partial charge in [-0.2, -0.15) is 0 Å². The number of fused-ring (bicyclic) bond motifs is 1. The number of amides is 1. The first kappa shape index (κ1) is 15.6. The molecule has 0 bridgehead atoms. The second-order valence-electron chi connectivity index (χ2n) is 6.87. The fourth-order valence-electron chi connectivity index (χ4n) is 3.22. The van der Waals surface area contributed by atoms with E-state index in [-0.39, 0.29) is 17.6 Å². The smallest absolute Gasteiger partial charge is 0.225 e. The van der Waals surface area contributed by atoms with Gasteiger partial charge in [-0.05, 0) is 24.3 Å². The summed E-state index contributed by atoms with van der Waals surface area (Å²) in [6.45, 7) is 5.33. The summed E-state index contributed by atoms with van der Waals surface area (Å²) in [5.41, 5.74) is 3.10. The molecular formula is C19H20N4O2. The van der Waals surface area contributed by atoms with Gasteiger partial charge in [0.2, 0.25) is 5.91 Å². The van der Waals surface area contributed by atoms with Crippen molar-refractivity contribution in [3.63, 3.8) is 0 Å². The van der Waals surface area contributed by atoms with E-state index >= 15 is 0 Å². The van der Waals surface area contributed by atoms with Gasteiger partial charge in [-0.1, -0.05) is 26.0 Å². The Balaban J connectivity index is 1.58. The number of H-pyrrole nitrogens is 1. The zero-order valence-corrected chi connectivity index (χ0v) is 14.2. The van der Waals surface area contributed by atoms with E-state index < -0.39 is 0 Å². The van der Waals surface area contributed by atoms with Gasteiger partial charge in [0.25, 0.3) is 0 Å². The van der Waals surface area contributed by atoms with E-state index in [0.717, 1.165) is 29.8 Å². The number of benzene rings is 1. The molecule has 2 N–H and O–H groups in total. The highest BCUT2D eigenvalue weighted by Crippen LogP contribution is 2.32. The number of hydrogen-bond donors (Lipinski definition) is 2. The van der Waals surface area contributed by atoms with Crippen LogP contribution >= 0.6 is 0 Å². The molecule has 3 aromatic rings. The second-order valence-corrected chi connectivity index (χ2v) is 6.87. The third-order valence-electron chi connectivity index (χ3n) is 4.70. The number of rotatable bonds is 3. The van der Waals surface area contributed by atoms with E-state index in [1.54, 1.807) is 12.1 Å². The number of aromatic amines is 1. The van der Waals surface area contributed by atoms with Crippen LogP contribution in [0.1, 0.15) is 25.5 Å². The zero-order valence-electron chi connectivity index (χ0n) is 14.2. The lowest BCUT2D eigenvalue weighted by Gasteiger charge is -2.39. The molecule has 0 saturated carbocycles. The van der Waals surface area contributed by atoms with E-state index in [0.29, 0.717) is 17.2 Å². The Hall–Kier alpha value is -2.89. The van der Waals surface area contributed by atoms with Crippen molar-refractivity contribution in [1.29, 1.82) is 0 Å². The number of aromatic hydroxyl groups is 1. The predicted octanol–water partition coefficient (Wildman–Crippen LogP) is 2.91. The summed E-state index contributed by atoms with van der Waals surface area (Å²) in [6, 6.07) is 11.1. The van der Waals surface area contributed by atoms with Gasteiger partial charge in [0.15, 0.2) is 5.65 Å². The molecule has 0 aliphatic carbocycles. The van der Waals surface area contributed by atoms with Crippen LogP contribution in [0, 0.1) is 5.92 Å². The van der Waals surface area contributed by atoms with Gasteiger partial charge >= 0.3 is 0 Å². The van der Waals surface area contributed by atoms with Crippen molar-refractivity contribution >= 4 is 16.9 Å². The van der Waals surface area contributed by atoms with Gasteiger partial charge in [0.1, 0.15) is 5.75 Å². The maximum Gasteiger partial charge on any atom is 0.225 e. The minimum Gasteiger partial charge on any atom is -0.507 e. The topological polar surface area (TPSA) is 82.1 Å². The van der Waals surface area contributed by atoms with Crippen LogP contribution in [0.5, 0.6) is 5.75 Å². The van der Waals surface area contributed by atoms with Gasteiger partial charge in [0.05, 0.1) is 5.69 Å². The minimum absolute atomic E-state index is 0.0376. The second kappa shape index (κ2) is 5.88. The van der Waals surface area contributed by atoms with E-state index in [2.05, 4.69) is 21.2 Å². The van der Waals surface area contributed by atoms with Crippen molar-refractivity contribution in [3.8, 4) is 17.0 Å². The number of carbonyl (C=O) groups excluding carboxylic acids is 1. The van der Waals surface area contributed by atoms with Crippen LogP contribution in [0.4, 0.5) is 0 Å². The van der Waals surface area contributed by atoms with Gasteiger partial charge < -0.3 is 15.0 Å². The number of nitrogens with zero attached hydrogens (tertiary/aromatic N) is 3. The summed E-state index contributed by atoms with van der Waals surface area (Å²) >= 11 is 0. The first-order valence-corrected chi connectivity index (χ1v) is 8.46. The summed E-state index contributed by atoms with van der Waals surface area (Å²) in [4.78, 5) is 17.2. The highest BCUT2D eigenvalue weighted by atomic mass is 16.3. The quantitative estimate of drug-likeness (QED) is 0.770. The largest absolute Gasteiger partial charge is 0.507 e. The van der Waals surface area contributed by atoms with Gasteiger partial charge in [-0.15, -0.1) is 10.2 Å². The maximum absolute atomic E-state index is 12.0. The lowest BCUT2D eigenvalue weighted by Crippen LogP contribution is -2.50. The van der Waals surface area contributed by atoms with Crippen molar-refractivity contribution in [2.45, 2.75) is 19.8 Å². The van der Waals surface area contributed by atoms with Crippen LogP contribution in [-0.4, -0.2) is 44.2 Å². The Morgan fingerprint density at radius 1 is 1.24 bits per heavy atom. The molecule has 0 atom stereocenters. The van der Waals surface area contributed by atoms with Gasteiger partial charge in [-0.3, -0.25) is 4.79 Å². The molecule has 1 saturated heterocycles. The summed E-state index contributed by atoms with van der Waals surface area (Å²) in [5.74, 6) is 0.740. The first-order valence-electron chi connectivity index (χ1n) is 8.46. The van der Waals surface area contributed by atoms with Crippen LogP contribution < -0.4 is 0 Å². The van der Waals surface area contributed by atoms with E-state index in [1.807, 2.05) is 36.9 Å². The fourth-order valence-corrected chi connectivity index (χ4v) is 3.22. The Kier molecular flexibility index (Phi) is 3.67. The number of likely N-dealkylation sites (tertiary alicyclic amines) is 1. The monoisotopic (exact) mass is 336 g/mol. The third-order valence-corrected chi connectivity index (χ3v) is 4.70. The molecule has 3 heterocycles. The average Bonchev–Trinajstić information content (AvgIpc) is 2.96. The van der Waals surface area contributed by atoms with Crippen molar-refractivity contribution < 1.29 is 9.90 Å². The van der Waals surface area contributed by atoms with Gasteiger partial charge in [-0.25, -0.2) is 0 Å². The Morgan fingerprint density at radius 2 is 2.00 bits per heavy atom. The number of carbonyl (C=O) groups is 1. The number of aromatic nitrogens is 3. The molecule has 2 aromatic heterocycles. The van der Waals surface area contributed by atoms with Crippen LogP contribution in [0.3, 0.4) is 0 Å². The number of phenols is 1. The normalized spacial score (nSPS) is 14.9. The van der Waals surface area contributed by atoms with Crippen molar-refractivity contribution in [2.24, 2.45) is 5.92 Å². The van der Waals surface area contributed by atoms with Crippen molar-refractivity contribution in [1.82, 2.24) is 20.1 Å². The van der Waals surface area contributed by atoms with E-state index in [9.17, 15) is 9.90 Å². The molecular weight excluding hydrogens is 316 g/mol. The Morgan fingerprint density at radius 3 is 2.72 bits per heavy atom. The summed E-state index contributed by atoms with van der Waals surface area (Å²) in [6.07, 6.45) is 0. The van der Waals surface area contributed by atoms with Gasteiger partial charge in [0, 0.05) is 41.6 Å².